The molecule has 2 aromatic carbocycles. The molecule has 0 bridgehead atoms. The van der Waals surface area contributed by atoms with Gasteiger partial charge in [0.25, 0.3) is 0 Å². The lowest BCUT2D eigenvalue weighted by atomic mass is 10.1. The molecule has 3 N–H and O–H groups in total. The van der Waals surface area contributed by atoms with Crippen molar-refractivity contribution in [3.63, 3.8) is 0 Å². The number of benzene rings is 2. The minimum Gasteiger partial charge on any atom is -0.329 e. The highest BCUT2D eigenvalue weighted by atomic mass is 79.9. The van der Waals surface area contributed by atoms with Gasteiger partial charge in [0.1, 0.15) is 5.82 Å². The molecule has 0 saturated heterocycles. The van der Waals surface area contributed by atoms with Crippen molar-refractivity contribution in [1.82, 2.24) is 15.0 Å². The zero-order valence-corrected chi connectivity index (χ0v) is 12.7. The van der Waals surface area contributed by atoms with Crippen LogP contribution in [0, 0.1) is 5.82 Å². The maximum absolute atomic E-state index is 14.2. The molecule has 0 spiro atoms. The summed E-state index contributed by atoms with van der Waals surface area (Å²) in [4.78, 5) is 4.33. The van der Waals surface area contributed by atoms with Crippen LogP contribution in [0.3, 0.4) is 0 Å². The van der Waals surface area contributed by atoms with Crippen molar-refractivity contribution < 1.29 is 4.39 Å². The van der Waals surface area contributed by atoms with E-state index in [9.17, 15) is 4.39 Å². The van der Waals surface area contributed by atoms with E-state index >= 15 is 0 Å². The molecule has 6 heteroatoms. The van der Waals surface area contributed by atoms with E-state index in [2.05, 4.69) is 26.3 Å². The van der Waals surface area contributed by atoms with Crippen molar-refractivity contribution in [3.05, 3.63) is 64.6 Å². The molecule has 3 aromatic rings. The summed E-state index contributed by atoms with van der Waals surface area (Å²) >= 11 is 3.20. The summed E-state index contributed by atoms with van der Waals surface area (Å²) in [5.74, 6) is 5.32. The van der Waals surface area contributed by atoms with Crippen molar-refractivity contribution in [2.75, 3.05) is 0 Å². The van der Waals surface area contributed by atoms with Crippen molar-refractivity contribution in [2.45, 2.75) is 12.6 Å². The van der Waals surface area contributed by atoms with Gasteiger partial charge in [-0.25, -0.2) is 9.37 Å². The number of hydrazine groups is 1. The first kappa shape index (κ1) is 14.2. The van der Waals surface area contributed by atoms with Crippen molar-refractivity contribution in [2.24, 2.45) is 5.84 Å². The number of hydrogen-bond acceptors (Lipinski definition) is 3. The molecule has 1 heterocycles. The summed E-state index contributed by atoms with van der Waals surface area (Å²) < 4.78 is 16.6. The van der Waals surface area contributed by atoms with Crippen LogP contribution in [-0.2, 0) is 6.54 Å². The number of aromatic nitrogens is 2. The van der Waals surface area contributed by atoms with Gasteiger partial charge in [-0.2, -0.15) is 0 Å². The first-order valence-corrected chi connectivity index (χ1v) is 7.30. The van der Waals surface area contributed by atoms with Gasteiger partial charge in [-0.1, -0.05) is 24.3 Å². The van der Waals surface area contributed by atoms with Crippen LogP contribution in [0.2, 0.25) is 0 Å². The van der Waals surface area contributed by atoms with Crippen molar-refractivity contribution in [1.29, 1.82) is 0 Å². The third-order valence-corrected chi connectivity index (χ3v) is 4.08. The molecule has 0 radical (unpaired) electrons. The smallest absolute Gasteiger partial charge is 0.142 e. The van der Waals surface area contributed by atoms with Crippen LogP contribution >= 0.6 is 15.9 Å². The molecule has 108 valence electrons. The van der Waals surface area contributed by atoms with Crippen molar-refractivity contribution >= 4 is 27.0 Å². The van der Waals surface area contributed by atoms with Gasteiger partial charge >= 0.3 is 0 Å². The predicted octanol–water partition coefficient (Wildman–Crippen LogP) is 3.14. The average molecular weight is 349 g/mol. The fraction of sp³-hybridized carbons (Fsp3) is 0.133. The Morgan fingerprint density at radius 1 is 1.24 bits per heavy atom. The minimum absolute atomic E-state index is 0.301. The summed E-state index contributed by atoms with van der Waals surface area (Å²) in [6, 6.07) is 12.6. The second-order valence-corrected chi connectivity index (χ2v) is 5.60. The molecule has 0 fully saturated rings. The van der Waals surface area contributed by atoms with E-state index in [0.717, 1.165) is 11.0 Å². The van der Waals surface area contributed by atoms with E-state index in [1.807, 2.05) is 28.8 Å². The molecule has 1 unspecified atom stereocenters. The van der Waals surface area contributed by atoms with Crippen LogP contribution in [-0.4, -0.2) is 9.55 Å². The lowest BCUT2D eigenvalue weighted by molar-refractivity contribution is 0.457. The third kappa shape index (κ3) is 2.70. The number of fused-ring (bicyclic) bond motifs is 1. The van der Waals surface area contributed by atoms with Gasteiger partial charge in [-0.15, -0.1) is 0 Å². The first-order valence-electron chi connectivity index (χ1n) is 6.50. The van der Waals surface area contributed by atoms with Crippen LogP contribution in [0.25, 0.3) is 11.0 Å². The van der Waals surface area contributed by atoms with Gasteiger partial charge in [-0.3, -0.25) is 11.3 Å². The Kier molecular flexibility index (Phi) is 4.01. The first-order chi connectivity index (χ1) is 10.2. The van der Waals surface area contributed by atoms with Crippen LogP contribution < -0.4 is 11.3 Å². The quantitative estimate of drug-likeness (QED) is 0.562. The van der Waals surface area contributed by atoms with Gasteiger partial charge < -0.3 is 4.57 Å². The number of nitrogens with zero attached hydrogens (tertiary/aromatic N) is 2. The predicted molar refractivity (Wildman–Crippen MR) is 83.9 cm³/mol. The second-order valence-electron chi connectivity index (χ2n) is 4.75. The summed E-state index contributed by atoms with van der Waals surface area (Å²) in [5, 5.41) is 0. The summed E-state index contributed by atoms with van der Waals surface area (Å²) in [6.07, 6.45) is 1.74. The summed E-state index contributed by atoms with van der Waals surface area (Å²) in [5.41, 5.74) is 5.10. The fourth-order valence-electron chi connectivity index (χ4n) is 2.38. The number of nitrogens with two attached hydrogens (primary N) is 1. The Morgan fingerprint density at radius 3 is 2.86 bits per heavy atom. The molecule has 21 heavy (non-hydrogen) atoms. The van der Waals surface area contributed by atoms with Gasteiger partial charge in [0, 0.05) is 12.1 Å². The van der Waals surface area contributed by atoms with Crippen LogP contribution in [0.5, 0.6) is 0 Å². The normalized spacial score (nSPS) is 12.7. The molecule has 3 rings (SSSR count). The Labute approximate surface area is 129 Å². The van der Waals surface area contributed by atoms with Gasteiger partial charge in [0.15, 0.2) is 0 Å². The number of nitrogens with one attached hydrogen (secondary N) is 1. The van der Waals surface area contributed by atoms with Crippen LogP contribution in [0.4, 0.5) is 4.39 Å². The molecule has 0 aliphatic rings. The average Bonchev–Trinajstić information content (AvgIpc) is 2.91. The lowest BCUT2D eigenvalue weighted by Crippen LogP contribution is -2.31. The van der Waals surface area contributed by atoms with Gasteiger partial charge in [0.2, 0.25) is 0 Å². The number of rotatable bonds is 4. The number of imidazole rings is 1. The van der Waals surface area contributed by atoms with Crippen molar-refractivity contribution in [3.8, 4) is 0 Å². The van der Waals surface area contributed by atoms with E-state index in [1.165, 1.54) is 0 Å². The highest BCUT2D eigenvalue weighted by Gasteiger charge is 2.17. The van der Waals surface area contributed by atoms with E-state index in [-0.39, 0.29) is 11.9 Å². The number of para-hydroxylation sites is 2. The Balaban J connectivity index is 1.96. The molecule has 0 saturated carbocycles. The standard InChI is InChI=1S/C15H14BrFN4/c16-11-5-3-4-10(15(11)17)13(20-18)8-21-9-19-12-6-1-2-7-14(12)21/h1-7,9,13,20H,8,18H2. The SMILES string of the molecule is NNC(Cn1cnc2ccccc21)c1cccc(Br)c1F. The number of hydrogen-bond donors (Lipinski definition) is 2. The van der Waals surface area contributed by atoms with Crippen LogP contribution in [0.15, 0.2) is 53.3 Å². The molecule has 0 amide bonds. The Bertz CT molecular complexity index is 771. The topological polar surface area (TPSA) is 55.9 Å². The molecule has 1 atom stereocenters. The Morgan fingerprint density at radius 2 is 2.05 bits per heavy atom. The van der Waals surface area contributed by atoms with E-state index in [0.29, 0.717) is 16.6 Å². The number of halogens is 2. The molecular weight excluding hydrogens is 335 g/mol. The highest BCUT2D eigenvalue weighted by molar-refractivity contribution is 9.10. The molecular formula is C15H14BrFN4. The molecule has 0 aliphatic carbocycles. The molecule has 1 aromatic heterocycles. The fourth-order valence-corrected chi connectivity index (χ4v) is 2.76. The van der Waals surface area contributed by atoms with E-state index in [1.54, 1.807) is 24.5 Å². The molecule has 0 aliphatic heterocycles. The van der Waals surface area contributed by atoms with E-state index < -0.39 is 0 Å². The summed E-state index contributed by atoms with van der Waals surface area (Å²) in [7, 11) is 0. The minimum atomic E-state index is -0.347. The maximum Gasteiger partial charge on any atom is 0.142 e. The third-order valence-electron chi connectivity index (χ3n) is 3.46. The maximum atomic E-state index is 14.2. The zero-order valence-electron chi connectivity index (χ0n) is 11.1. The molecule has 4 nitrogen and oxygen atoms in total. The lowest BCUT2D eigenvalue weighted by Gasteiger charge is -2.18. The summed E-state index contributed by atoms with van der Waals surface area (Å²) in [6.45, 7) is 0.490. The van der Waals surface area contributed by atoms with Gasteiger partial charge in [-0.05, 0) is 34.1 Å². The monoisotopic (exact) mass is 348 g/mol. The van der Waals surface area contributed by atoms with E-state index in [4.69, 9.17) is 5.84 Å². The highest BCUT2D eigenvalue weighted by Crippen LogP contribution is 2.25. The Hall–Kier alpha value is -1.76. The largest absolute Gasteiger partial charge is 0.329 e. The van der Waals surface area contributed by atoms with Crippen LogP contribution in [0.1, 0.15) is 11.6 Å². The second kappa shape index (κ2) is 5.93. The zero-order chi connectivity index (χ0) is 14.8. The van der Waals surface area contributed by atoms with Gasteiger partial charge in [0.05, 0.1) is 27.9 Å².